The quantitative estimate of drug-likeness (QED) is 0.0459. The molecule has 20 nitrogen and oxygen atoms in total. The molecule has 0 unspecified atom stereocenters. The Morgan fingerprint density at radius 2 is 0.711 bits per heavy atom. The van der Waals surface area contributed by atoms with Gasteiger partial charge in [-0.2, -0.15) is 36.8 Å². The van der Waals surface area contributed by atoms with Gasteiger partial charge in [-0.3, -0.25) is 9.11 Å². The molecule has 0 fully saturated rings. The van der Waals surface area contributed by atoms with Gasteiger partial charge in [0, 0.05) is 11.4 Å². The molecular formula is C54H40N8O12S2. The molecule has 4 N–H and O–H groups in total. The number of methoxy groups -OCH3 is 2. The molecule has 0 atom stereocenters. The molecule has 0 spiro atoms. The Balaban J connectivity index is 0.925. The van der Waals surface area contributed by atoms with Crippen LogP contribution in [0.25, 0.3) is 33.7 Å². The summed E-state index contributed by atoms with van der Waals surface area (Å²) in [6, 6.07) is 46.6. The number of benzene rings is 8. The highest BCUT2D eigenvalue weighted by atomic mass is 32.2. The first-order valence-corrected chi connectivity index (χ1v) is 25.5. The Kier molecular flexibility index (Phi) is 14.0. The number of hydrogen-bond acceptors (Lipinski definition) is 18. The molecule has 0 amide bonds. The summed E-state index contributed by atoms with van der Waals surface area (Å²) < 4.78 is 107. The third-order valence-electron chi connectivity index (χ3n) is 11.1. The molecule has 380 valence electrons. The molecule has 8 aromatic carbocycles. The SMILES string of the molecule is COc1ccc(Oc2nc(Nc3ccc(C=Cc4ccc(Nc5nc(Oc6ccc(OC)cc6)nc(Oc6ccc7ccccc7c6)n5)cc4S(=O)(=O)O)c(S(=O)(=O)O)c3)nc(Oc3ccc4ccccc4c3)n2)cc1. The molecule has 0 saturated heterocycles. The number of hydrogen-bond donors (Lipinski definition) is 4. The number of aromatic nitrogens is 6. The third-order valence-corrected chi connectivity index (χ3v) is 12.9. The van der Waals surface area contributed by atoms with Gasteiger partial charge in [0.2, 0.25) is 11.9 Å². The first-order chi connectivity index (χ1) is 36.7. The number of rotatable bonds is 18. The van der Waals surface area contributed by atoms with Gasteiger partial charge < -0.3 is 39.1 Å². The Labute approximate surface area is 433 Å². The molecular weight excluding hydrogens is 1020 g/mol. The third kappa shape index (κ3) is 12.2. The molecule has 10 rings (SSSR count). The molecule has 0 bridgehead atoms. The first kappa shape index (κ1) is 49.8. The van der Waals surface area contributed by atoms with E-state index in [4.69, 9.17) is 28.4 Å². The van der Waals surface area contributed by atoms with Crippen molar-refractivity contribution in [2.45, 2.75) is 9.79 Å². The van der Waals surface area contributed by atoms with Crippen molar-refractivity contribution in [2.75, 3.05) is 24.9 Å². The standard InChI is InChI=1S/C54H40N8O12S2/c1-69-41-21-25-43(26-22-41)71-51-57-49(59-53(61-51)73-45-19-15-33-7-3-5-9-37(33)29-45)55-39-17-13-35(47(31-39)75(63,64)65)11-12-36-14-18-40(32-48(36)76(66,67)68)56-50-58-52(72-44-27-23-42(70-2)24-28-44)62-54(60-50)74-46-20-16-34-8-4-6-10-38(34)30-46/h3-32H,1-2H3,(H,63,64,65)(H,66,67,68)(H,55,57,59,61)(H,56,58,60,62). The van der Waals surface area contributed by atoms with Crippen LogP contribution >= 0.6 is 0 Å². The van der Waals surface area contributed by atoms with Gasteiger partial charge in [0.25, 0.3) is 20.2 Å². The van der Waals surface area contributed by atoms with Crippen LogP contribution < -0.4 is 39.1 Å². The maximum Gasteiger partial charge on any atom is 0.330 e. The zero-order valence-corrected chi connectivity index (χ0v) is 41.4. The van der Waals surface area contributed by atoms with Crippen LogP contribution in [0.5, 0.6) is 58.5 Å². The maximum atomic E-state index is 12.9. The lowest BCUT2D eigenvalue weighted by atomic mass is 10.1. The van der Waals surface area contributed by atoms with Gasteiger partial charge >= 0.3 is 24.0 Å². The summed E-state index contributed by atoms with van der Waals surface area (Å²) in [5, 5.41) is 9.61. The Bertz CT molecular complexity index is 3800. The zero-order valence-electron chi connectivity index (χ0n) is 39.8. The minimum atomic E-state index is -4.94. The fraction of sp³-hybridized carbons (Fsp3) is 0.0370. The van der Waals surface area contributed by atoms with E-state index in [0.717, 1.165) is 33.7 Å². The molecule has 10 aromatic rings. The molecule has 0 saturated carbocycles. The summed E-state index contributed by atoms with van der Waals surface area (Å²) in [7, 11) is -6.82. The van der Waals surface area contributed by atoms with Crippen molar-refractivity contribution in [2.24, 2.45) is 0 Å². The van der Waals surface area contributed by atoms with Crippen molar-refractivity contribution in [3.05, 3.63) is 181 Å². The molecule has 0 aliphatic heterocycles. The van der Waals surface area contributed by atoms with Crippen molar-refractivity contribution in [3.8, 4) is 58.5 Å². The summed E-state index contributed by atoms with van der Waals surface area (Å²) in [5.41, 5.74) is 0.0618. The highest BCUT2D eigenvalue weighted by Crippen LogP contribution is 2.33. The maximum absolute atomic E-state index is 12.9. The molecule has 2 aromatic heterocycles. The highest BCUT2D eigenvalue weighted by molar-refractivity contribution is 7.86. The van der Waals surface area contributed by atoms with Gasteiger partial charge in [0.1, 0.15) is 44.3 Å². The van der Waals surface area contributed by atoms with Crippen molar-refractivity contribution in [1.29, 1.82) is 0 Å². The van der Waals surface area contributed by atoms with E-state index in [9.17, 15) is 25.9 Å². The smallest absolute Gasteiger partial charge is 0.330 e. The second-order valence-corrected chi connectivity index (χ2v) is 19.0. The first-order valence-electron chi connectivity index (χ1n) is 22.6. The van der Waals surface area contributed by atoms with Crippen LogP contribution in [0.4, 0.5) is 23.3 Å². The van der Waals surface area contributed by atoms with E-state index >= 15 is 0 Å². The topological polar surface area (TPSA) is 266 Å². The van der Waals surface area contributed by atoms with Crippen molar-refractivity contribution in [3.63, 3.8) is 0 Å². The minimum Gasteiger partial charge on any atom is -0.497 e. The summed E-state index contributed by atoms with van der Waals surface area (Å²) in [6.45, 7) is 0. The predicted molar refractivity (Wildman–Crippen MR) is 282 cm³/mol. The Morgan fingerprint density at radius 3 is 1.07 bits per heavy atom. The largest absolute Gasteiger partial charge is 0.497 e. The van der Waals surface area contributed by atoms with Crippen LogP contribution in [0.2, 0.25) is 0 Å². The lowest BCUT2D eigenvalue weighted by Crippen LogP contribution is -2.06. The summed E-state index contributed by atoms with van der Waals surface area (Å²) >= 11 is 0. The van der Waals surface area contributed by atoms with Gasteiger partial charge in [-0.1, -0.05) is 84.9 Å². The van der Waals surface area contributed by atoms with Crippen LogP contribution in [-0.2, 0) is 20.2 Å². The summed E-state index contributed by atoms with van der Waals surface area (Å²) in [5.74, 6) is 2.45. The van der Waals surface area contributed by atoms with E-state index in [0.29, 0.717) is 34.5 Å². The average Bonchev–Trinajstić information content (AvgIpc) is 3.41. The van der Waals surface area contributed by atoms with Gasteiger partial charge in [-0.25, -0.2) is 0 Å². The highest BCUT2D eigenvalue weighted by Gasteiger charge is 2.20. The van der Waals surface area contributed by atoms with E-state index in [1.807, 2.05) is 60.7 Å². The summed E-state index contributed by atoms with van der Waals surface area (Å²) in [6.07, 6.45) is 2.49. The number of nitrogens with one attached hydrogen (secondary N) is 2. The lowest BCUT2D eigenvalue weighted by Gasteiger charge is -2.12. The average molecular weight is 1060 g/mol. The lowest BCUT2D eigenvalue weighted by molar-refractivity contribution is 0.395. The fourth-order valence-corrected chi connectivity index (χ4v) is 8.95. The summed E-state index contributed by atoms with van der Waals surface area (Å²) in [4.78, 5) is 25.0. The van der Waals surface area contributed by atoms with Crippen molar-refractivity contribution < 1.29 is 54.4 Å². The molecule has 76 heavy (non-hydrogen) atoms. The normalized spacial score (nSPS) is 11.6. The van der Waals surface area contributed by atoms with Gasteiger partial charge in [0.05, 0.1) is 14.2 Å². The van der Waals surface area contributed by atoms with Gasteiger partial charge in [0.15, 0.2) is 0 Å². The Hall–Kier alpha value is -9.74. The molecule has 2 heterocycles. The monoisotopic (exact) mass is 1060 g/mol. The van der Waals surface area contributed by atoms with E-state index in [1.165, 1.54) is 50.6 Å². The second-order valence-electron chi connectivity index (χ2n) is 16.3. The van der Waals surface area contributed by atoms with Crippen LogP contribution in [0.3, 0.4) is 0 Å². The fourth-order valence-electron chi connectivity index (χ4n) is 7.53. The van der Waals surface area contributed by atoms with Crippen LogP contribution in [0.1, 0.15) is 11.1 Å². The number of nitrogens with zero attached hydrogens (tertiary/aromatic N) is 6. The van der Waals surface area contributed by atoms with E-state index in [2.05, 4.69) is 40.5 Å². The van der Waals surface area contributed by atoms with Crippen molar-refractivity contribution in [1.82, 2.24) is 29.9 Å². The van der Waals surface area contributed by atoms with Crippen LogP contribution in [-0.4, -0.2) is 70.1 Å². The molecule has 0 aliphatic carbocycles. The minimum absolute atomic E-state index is 0.0652. The molecule has 0 aliphatic rings. The molecule has 0 radical (unpaired) electrons. The second kappa shape index (κ2) is 21.4. The predicted octanol–water partition coefficient (Wildman–Crippen LogP) is 11.7. The van der Waals surface area contributed by atoms with Crippen molar-refractivity contribution >= 4 is 77.2 Å². The number of fused-ring (bicyclic) bond motifs is 2. The van der Waals surface area contributed by atoms with Crippen LogP contribution in [0.15, 0.2) is 180 Å². The Morgan fingerprint density at radius 1 is 0.382 bits per heavy atom. The van der Waals surface area contributed by atoms with E-state index in [-0.39, 0.29) is 58.4 Å². The molecule has 22 heteroatoms. The zero-order chi connectivity index (χ0) is 52.8. The van der Waals surface area contributed by atoms with E-state index < -0.39 is 30.0 Å². The number of anilines is 4. The van der Waals surface area contributed by atoms with Gasteiger partial charge in [-0.05, 0) is 130 Å². The van der Waals surface area contributed by atoms with Gasteiger partial charge in [-0.15, -0.1) is 9.97 Å². The van der Waals surface area contributed by atoms with E-state index in [1.54, 1.807) is 72.8 Å². The van der Waals surface area contributed by atoms with Crippen LogP contribution in [0, 0.1) is 0 Å². The number of ether oxygens (including phenoxy) is 6.